The van der Waals surface area contributed by atoms with Gasteiger partial charge >= 0.3 is 0 Å². The van der Waals surface area contributed by atoms with E-state index < -0.39 is 0 Å². The van der Waals surface area contributed by atoms with E-state index in [1.807, 2.05) is 6.20 Å². The van der Waals surface area contributed by atoms with Crippen LogP contribution in [-0.4, -0.2) is 22.4 Å². The van der Waals surface area contributed by atoms with Crippen LogP contribution in [0.5, 0.6) is 0 Å². The first-order valence-corrected chi connectivity index (χ1v) is 6.97. The third kappa shape index (κ3) is 2.24. The molecule has 3 rings (SSSR count). The quantitative estimate of drug-likeness (QED) is 0.923. The molecule has 2 aromatic rings. The third-order valence-electron chi connectivity index (χ3n) is 3.42. The lowest BCUT2D eigenvalue weighted by Gasteiger charge is -2.23. The Hall–Kier alpha value is -0.870. The molecular weight excluding hydrogens is 278 g/mol. The van der Waals surface area contributed by atoms with Gasteiger partial charge in [-0.15, -0.1) is 0 Å². The van der Waals surface area contributed by atoms with Gasteiger partial charge in [-0.3, -0.25) is 4.68 Å². The Bertz CT molecular complexity index is 514. The summed E-state index contributed by atoms with van der Waals surface area (Å²) in [5, 5.41) is 9.27. The highest BCUT2D eigenvalue weighted by atomic mass is 79.9. The maximum absolute atomic E-state index is 4.50. The van der Waals surface area contributed by atoms with Crippen molar-refractivity contribution in [1.82, 2.24) is 15.1 Å². The maximum Gasteiger partial charge on any atom is 0.0825 e. The van der Waals surface area contributed by atoms with E-state index in [-0.39, 0.29) is 0 Å². The topological polar surface area (TPSA) is 29.9 Å². The van der Waals surface area contributed by atoms with E-state index >= 15 is 0 Å². The highest BCUT2D eigenvalue weighted by Crippen LogP contribution is 2.24. The molecule has 0 radical (unpaired) electrons. The van der Waals surface area contributed by atoms with Gasteiger partial charge in [0.2, 0.25) is 0 Å². The van der Waals surface area contributed by atoms with Gasteiger partial charge < -0.3 is 5.32 Å². The summed E-state index contributed by atoms with van der Waals surface area (Å²) in [6, 6.07) is 6.81. The molecule has 0 saturated carbocycles. The summed E-state index contributed by atoms with van der Waals surface area (Å²) in [5.74, 6) is 0. The van der Waals surface area contributed by atoms with Crippen molar-refractivity contribution in [2.24, 2.45) is 0 Å². The molecule has 0 aliphatic carbocycles. The Morgan fingerprint density at radius 2 is 2.35 bits per heavy atom. The van der Waals surface area contributed by atoms with Gasteiger partial charge in [0, 0.05) is 15.9 Å². The first-order chi connectivity index (χ1) is 8.34. The van der Waals surface area contributed by atoms with Crippen LogP contribution in [0.3, 0.4) is 0 Å². The monoisotopic (exact) mass is 293 g/mol. The molecule has 90 valence electrons. The molecule has 1 aromatic carbocycles. The summed E-state index contributed by atoms with van der Waals surface area (Å²) < 4.78 is 3.24. The van der Waals surface area contributed by atoms with Gasteiger partial charge in [-0.05, 0) is 41.4 Å². The van der Waals surface area contributed by atoms with Crippen LogP contribution in [0.2, 0.25) is 0 Å². The number of para-hydroxylation sites is 1. The van der Waals surface area contributed by atoms with Crippen molar-refractivity contribution in [2.45, 2.75) is 31.8 Å². The highest BCUT2D eigenvalue weighted by Gasteiger charge is 2.15. The van der Waals surface area contributed by atoms with E-state index in [1.54, 1.807) is 0 Å². The number of hydrogen-bond acceptors (Lipinski definition) is 2. The summed E-state index contributed by atoms with van der Waals surface area (Å²) >= 11 is 3.61. The number of aromatic nitrogens is 2. The SMILES string of the molecule is Brc1cccc2cnn(CC3CCCCN3)c12. The lowest BCUT2D eigenvalue weighted by molar-refractivity contribution is 0.355. The predicted octanol–water partition coefficient (Wildman–Crippen LogP) is 2.94. The van der Waals surface area contributed by atoms with Gasteiger partial charge in [-0.1, -0.05) is 18.6 Å². The largest absolute Gasteiger partial charge is 0.312 e. The summed E-state index contributed by atoms with van der Waals surface area (Å²) in [6.07, 6.45) is 5.84. The van der Waals surface area contributed by atoms with Crippen molar-refractivity contribution in [3.63, 3.8) is 0 Å². The van der Waals surface area contributed by atoms with E-state index in [0.29, 0.717) is 6.04 Å². The molecule has 1 aliphatic rings. The second-order valence-electron chi connectivity index (χ2n) is 4.65. The van der Waals surface area contributed by atoms with Gasteiger partial charge in [-0.2, -0.15) is 5.10 Å². The molecule has 1 aromatic heterocycles. The van der Waals surface area contributed by atoms with Crippen LogP contribution in [0.4, 0.5) is 0 Å². The molecule has 17 heavy (non-hydrogen) atoms. The minimum atomic E-state index is 0.568. The molecule has 0 spiro atoms. The Kier molecular flexibility index (Phi) is 3.16. The van der Waals surface area contributed by atoms with Crippen molar-refractivity contribution >= 4 is 26.8 Å². The second kappa shape index (κ2) is 4.78. The Morgan fingerprint density at radius 1 is 1.41 bits per heavy atom. The number of benzene rings is 1. The smallest absolute Gasteiger partial charge is 0.0825 e. The predicted molar refractivity (Wildman–Crippen MR) is 73.1 cm³/mol. The first-order valence-electron chi connectivity index (χ1n) is 6.18. The molecule has 1 fully saturated rings. The van der Waals surface area contributed by atoms with Crippen LogP contribution >= 0.6 is 15.9 Å². The zero-order valence-electron chi connectivity index (χ0n) is 9.69. The van der Waals surface area contributed by atoms with E-state index in [1.165, 1.54) is 30.2 Å². The standard InChI is InChI=1S/C13H16BrN3/c14-12-6-3-4-10-8-16-17(13(10)12)9-11-5-1-2-7-15-11/h3-4,6,8,11,15H,1-2,5,7,9H2. The molecule has 1 N–H and O–H groups in total. The minimum Gasteiger partial charge on any atom is -0.312 e. The number of nitrogens with one attached hydrogen (secondary N) is 1. The van der Waals surface area contributed by atoms with Gasteiger partial charge in [0.25, 0.3) is 0 Å². The maximum atomic E-state index is 4.50. The fourth-order valence-corrected chi connectivity index (χ4v) is 3.11. The molecule has 1 atom stereocenters. The highest BCUT2D eigenvalue weighted by molar-refractivity contribution is 9.10. The molecule has 2 heterocycles. The number of nitrogens with zero attached hydrogens (tertiary/aromatic N) is 2. The van der Waals surface area contributed by atoms with Crippen molar-refractivity contribution in [3.05, 3.63) is 28.9 Å². The van der Waals surface area contributed by atoms with Crippen molar-refractivity contribution in [3.8, 4) is 0 Å². The number of rotatable bonds is 2. The van der Waals surface area contributed by atoms with E-state index in [0.717, 1.165) is 17.6 Å². The van der Waals surface area contributed by atoms with Gasteiger partial charge in [0.05, 0.1) is 18.3 Å². The van der Waals surface area contributed by atoms with E-state index in [4.69, 9.17) is 0 Å². The Balaban J connectivity index is 1.89. The van der Waals surface area contributed by atoms with Crippen LogP contribution in [0.25, 0.3) is 10.9 Å². The fourth-order valence-electron chi connectivity index (χ4n) is 2.53. The van der Waals surface area contributed by atoms with Gasteiger partial charge in [0.1, 0.15) is 0 Å². The molecular formula is C13H16BrN3. The summed E-state index contributed by atoms with van der Waals surface area (Å²) in [6.45, 7) is 2.11. The second-order valence-corrected chi connectivity index (χ2v) is 5.51. The first kappa shape index (κ1) is 11.2. The van der Waals surface area contributed by atoms with Crippen molar-refractivity contribution in [1.29, 1.82) is 0 Å². The average Bonchev–Trinajstić information content (AvgIpc) is 2.75. The minimum absolute atomic E-state index is 0.568. The van der Waals surface area contributed by atoms with Crippen LogP contribution in [0.15, 0.2) is 28.9 Å². The number of piperidine rings is 1. The Labute approximate surface area is 109 Å². The number of halogens is 1. The normalized spacial score (nSPS) is 20.9. The van der Waals surface area contributed by atoms with Gasteiger partial charge in [-0.25, -0.2) is 0 Å². The molecule has 0 amide bonds. The lowest BCUT2D eigenvalue weighted by atomic mass is 10.1. The van der Waals surface area contributed by atoms with Crippen LogP contribution < -0.4 is 5.32 Å². The molecule has 1 saturated heterocycles. The van der Waals surface area contributed by atoms with Crippen LogP contribution in [-0.2, 0) is 6.54 Å². The summed E-state index contributed by atoms with van der Waals surface area (Å²) in [5.41, 5.74) is 1.21. The van der Waals surface area contributed by atoms with Crippen molar-refractivity contribution < 1.29 is 0 Å². The van der Waals surface area contributed by atoms with Crippen LogP contribution in [0.1, 0.15) is 19.3 Å². The average molecular weight is 294 g/mol. The van der Waals surface area contributed by atoms with E-state index in [9.17, 15) is 0 Å². The molecule has 1 aliphatic heterocycles. The van der Waals surface area contributed by atoms with Crippen LogP contribution in [0, 0.1) is 0 Å². The molecule has 1 unspecified atom stereocenters. The number of hydrogen-bond donors (Lipinski definition) is 1. The fraction of sp³-hybridized carbons (Fsp3) is 0.462. The zero-order valence-corrected chi connectivity index (χ0v) is 11.3. The van der Waals surface area contributed by atoms with Crippen molar-refractivity contribution in [2.75, 3.05) is 6.54 Å². The zero-order chi connectivity index (χ0) is 11.7. The Morgan fingerprint density at radius 3 is 3.18 bits per heavy atom. The number of fused-ring (bicyclic) bond motifs is 1. The molecule has 3 nitrogen and oxygen atoms in total. The lowest BCUT2D eigenvalue weighted by Crippen LogP contribution is -2.37. The van der Waals surface area contributed by atoms with Gasteiger partial charge in [0.15, 0.2) is 0 Å². The van der Waals surface area contributed by atoms with E-state index in [2.05, 4.69) is 49.2 Å². The third-order valence-corrected chi connectivity index (χ3v) is 4.06. The summed E-state index contributed by atoms with van der Waals surface area (Å²) in [4.78, 5) is 0. The molecule has 4 heteroatoms. The molecule has 0 bridgehead atoms. The summed E-state index contributed by atoms with van der Waals surface area (Å²) in [7, 11) is 0.